The zero-order valence-electron chi connectivity index (χ0n) is 8.72. The maximum atomic E-state index is 4.50. The lowest BCUT2D eigenvalue weighted by atomic mass is 10.4. The van der Waals surface area contributed by atoms with Gasteiger partial charge in [-0.1, -0.05) is 20.3 Å². The molecule has 72 valence electrons. The second-order valence-electron chi connectivity index (χ2n) is 2.99. The van der Waals surface area contributed by atoms with Crippen LogP contribution in [0.25, 0.3) is 0 Å². The highest BCUT2D eigenvalue weighted by atomic mass is 31.1. The molecule has 3 heteroatoms. The van der Waals surface area contributed by atoms with E-state index < -0.39 is 0 Å². The molecule has 0 rings (SSSR count). The van der Waals surface area contributed by atoms with Gasteiger partial charge in [-0.2, -0.15) is 0 Å². The summed E-state index contributed by atoms with van der Waals surface area (Å²) in [7, 11) is 2.87. The average molecular weight is 188 g/mol. The summed E-state index contributed by atoms with van der Waals surface area (Å²) in [5, 5.41) is 0. The Morgan fingerprint density at radius 3 is 2.50 bits per heavy atom. The van der Waals surface area contributed by atoms with E-state index in [1.54, 1.807) is 0 Å². The second kappa shape index (κ2) is 7.54. The predicted octanol–water partition coefficient (Wildman–Crippen LogP) is 2.75. The molecule has 1 unspecified atom stereocenters. The minimum atomic E-state index is 0.756. The third-order valence-electron chi connectivity index (χ3n) is 1.71. The van der Waals surface area contributed by atoms with Gasteiger partial charge in [0.05, 0.1) is 5.84 Å². The number of nitrogens with zero attached hydrogens (tertiary/aromatic N) is 2. The fourth-order valence-corrected chi connectivity index (χ4v) is 1.60. The maximum absolute atomic E-state index is 4.50. The van der Waals surface area contributed by atoms with E-state index in [1.165, 1.54) is 24.8 Å². The van der Waals surface area contributed by atoms with Crippen molar-refractivity contribution in [1.82, 2.24) is 4.90 Å². The van der Waals surface area contributed by atoms with Gasteiger partial charge < -0.3 is 4.90 Å². The second-order valence-corrected chi connectivity index (χ2v) is 4.03. The van der Waals surface area contributed by atoms with Crippen molar-refractivity contribution < 1.29 is 0 Å². The van der Waals surface area contributed by atoms with Crippen LogP contribution in [-0.4, -0.2) is 30.5 Å². The molecule has 0 aromatic rings. The third kappa shape index (κ3) is 5.54. The fraction of sp³-hybridized carbons (Fsp3) is 0.889. The predicted molar refractivity (Wildman–Crippen MR) is 59.5 cm³/mol. The van der Waals surface area contributed by atoms with Gasteiger partial charge in [0.2, 0.25) is 0 Å². The number of amidine groups is 1. The Bertz CT molecular complexity index is 134. The standard InChI is InChI=1S/C9H21N2P/c1-5-7-11(4)9(3)10-12-8-6-2/h12H,5-8H2,1-4H3. The zero-order chi connectivity index (χ0) is 9.40. The minimum Gasteiger partial charge on any atom is -0.363 e. The molecule has 1 atom stereocenters. The summed E-state index contributed by atoms with van der Waals surface area (Å²) in [4.78, 5) is 2.22. The Labute approximate surface area is 78.3 Å². The zero-order valence-corrected chi connectivity index (χ0v) is 9.72. The molecule has 0 amide bonds. The molecule has 0 heterocycles. The van der Waals surface area contributed by atoms with Crippen LogP contribution in [0.4, 0.5) is 0 Å². The van der Waals surface area contributed by atoms with Crippen molar-refractivity contribution in [3.05, 3.63) is 0 Å². The van der Waals surface area contributed by atoms with Crippen LogP contribution in [0.15, 0.2) is 4.76 Å². The molecule has 2 nitrogen and oxygen atoms in total. The molecule has 0 fully saturated rings. The first kappa shape index (κ1) is 11.9. The number of hydrogen-bond acceptors (Lipinski definition) is 1. The first-order chi connectivity index (χ1) is 5.72. The Kier molecular flexibility index (Phi) is 7.48. The van der Waals surface area contributed by atoms with Gasteiger partial charge in [-0.15, -0.1) is 0 Å². The highest BCUT2D eigenvalue weighted by Crippen LogP contribution is 2.13. The lowest BCUT2D eigenvalue weighted by Crippen LogP contribution is -2.24. The molecule has 0 saturated heterocycles. The normalized spacial score (nSPS) is 12.8. The molecule has 12 heavy (non-hydrogen) atoms. The fourth-order valence-electron chi connectivity index (χ4n) is 0.865. The van der Waals surface area contributed by atoms with E-state index in [4.69, 9.17) is 0 Å². The molecule has 0 aliphatic heterocycles. The van der Waals surface area contributed by atoms with Crippen LogP contribution in [0.2, 0.25) is 0 Å². The highest BCUT2D eigenvalue weighted by molar-refractivity contribution is 7.36. The summed E-state index contributed by atoms with van der Waals surface area (Å²) in [5.41, 5.74) is 0. The summed E-state index contributed by atoms with van der Waals surface area (Å²) >= 11 is 0. The monoisotopic (exact) mass is 188 g/mol. The largest absolute Gasteiger partial charge is 0.363 e. The first-order valence-electron chi connectivity index (χ1n) is 4.70. The van der Waals surface area contributed by atoms with Gasteiger partial charge >= 0.3 is 0 Å². The van der Waals surface area contributed by atoms with E-state index >= 15 is 0 Å². The van der Waals surface area contributed by atoms with Crippen LogP contribution >= 0.6 is 8.73 Å². The molecular formula is C9H21N2P. The molecule has 0 N–H and O–H groups in total. The Balaban J connectivity index is 3.65. The Hall–Kier alpha value is -0.100. The molecule has 0 aromatic heterocycles. The average Bonchev–Trinajstić information content (AvgIpc) is 2.05. The van der Waals surface area contributed by atoms with Crippen LogP contribution < -0.4 is 0 Å². The van der Waals surface area contributed by atoms with Crippen LogP contribution in [0.1, 0.15) is 33.6 Å². The van der Waals surface area contributed by atoms with Crippen molar-refractivity contribution in [3.63, 3.8) is 0 Å². The van der Waals surface area contributed by atoms with Gasteiger partial charge in [0.25, 0.3) is 0 Å². The molecular weight excluding hydrogens is 167 g/mol. The van der Waals surface area contributed by atoms with E-state index in [1.807, 2.05) is 0 Å². The number of hydrogen-bond donors (Lipinski definition) is 0. The summed E-state index contributed by atoms with van der Waals surface area (Å²) in [6.45, 7) is 7.61. The van der Waals surface area contributed by atoms with Gasteiger partial charge in [-0.05, 0) is 19.5 Å². The van der Waals surface area contributed by atoms with E-state index in [9.17, 15) is 0 Å². The first-order valence-corrected chi connectivity index (χ1v) is 5.86. The summed E-state index contributed by atoms with van der Waals surface area (Å²) < 4.78 is 4.50. The van der Waals surface area contributed by atoms with Gasteiger partial charge in [0, 0.05) is 22.3 Å². The minimum absolute atomic E-state index is 0.756. The van der Waals surface area contributed by atoms with Crippen molar-refractivity contribution in [3.8, 4) is 0 Å². The quantitative estimate of drug-likeness (QED) is 0.280. The summed E-state index contributed by atoms with van der Waals surface area (Å²) in [6.07, 6.45) is 3.67. The molecule has 0 spiro atoms. The molecule has 0 radical (unpaired) electrons. The molecule has 0 bridgehead atoms. The smallest absolute Gasteiger partial charge is 0.0992 e. The molecule has 0 saturated carbocycles. The van der Waals surface area contributed by atoms with Gasteiger partial charge in [0.1, 0.15) is 0 Å². The Morgan fingerprint density at radius 1 is 1.33 bits per heavy atom. The van der Waals surface area contributed by atoms with Crippen molar-refractivity contribution in [2.45, 2.75) is 33.6 Å². The van der Waals surface area contributed by atoms with Crippen molar-refractivity contribution in [1.29, 1.82) is 0 Å². The molecule has 0 aromatic carbocycles. The van der Waals surface area contributed by atoms with Gasteiger partial charge in [-0.25, -0.2) is 0 Å². The highest BCUT2D eigenvalue weighted by Gasteiger charge is 1.96. The van der Waals surface area contributed by atoms with Crippen molar-refractivity contribution >= 4 is 14.6 Å². The molecule has 0 aliphatic carbocycles. The van der Waals surface area contributed by atoms with E-state index in [2.05, 4.69) is 37.5 Å². The van der Waals surface area contributed by atoms with Crippen LogP contribution in [0.5, 0.6) is 0 Å². The number of rotatable bonds is 5. The van der Waals surface area contributed by atoms with Crippen molar-refractivity contribution in [2.75, 3.05) is 19.8 Å². The Morgan fingerprint density at radius 2 is 2.00 bits per heavy atom. The van der Waals surface area contributed by atoms with E-state index in [-0.39, 0.29) is 0 Å². The lowest BCUT2D eigenvalue weighted by Gasteiger charge is -2.17. The lowest BCUT2D eigenvalue weighted by molar-refractivity contribution is 0.499. The third-order valence-corrected chi connectivity index (χ3v) is 2.92. The van der Waals surface area contributed by atoms with Crippen molar-refractivity contribution in [2.24, 2.45) is 4.76 Å². The van der Waals surface area contributed by atoms with Crippen LogP contribution in [-0.2, 0) is 0 Å². The SMILES string of the molecule is CCCPN=C(C)N(C)CCC. The van der Waals surface area contributed by atoms with E-state index in [0.29, 0.717) is 0 Å². The van der Waals surface area contributed by atoms with Crippen LogP contribution in [0, 0.1) is 0 Å². The van der Waals surface area contributed by atoms with Gasteiger partial charge in [0.15, 0.2) is 0 Å². The maximum Gasteiger partial charge on any atom is 0.0992 e. The van der Waals surface area contributed by atoms with E-state index in [0.717, 1.165) is 15.3 Å². The van der Waals surface area contributed by atoms with Gasteiger partial charge in [-0.3, -0.25) is 4.76 Å². The summed E-state index contributed by atoms with van der Waals surface area (Å²) in [6, 6.07) is 0. The van der Waals surface area contributed by atoms with Crippen LogP contribution in [0.3, 0.4) is 0 Å². The molecule has 0 aliphatic rings. The summed E-state index contributed by atoms with van der Waals surface area (Å²) in [5.74, 6) is 1.18. The topological polar surface area (TPSA) is 15.6 Å².